The van der Waals surface area contributed by atoms with Crippen molar-refractivity contribution in [1.29, 1.82) is 0 Å². The molecule has 1 aromatic carbocycles. The number of amides is 1. The molecular formula is C22H27N3O3S. The fourth-order valence-corrected chi connectivity index (χ4v) is 4.59. The first-order valence-corrected chi connectivity index (χ1v) is 11.7. The summed E-state index contributed by atoms with van der Waals surface area (Å²) in [6, 6.07) is 13.0. The van der Waals surface area contributed by atoms with E-state index in [1.807, 2.05) is 36.5 Å². The number of carbonyl (C=O) groups is 1. The largest absolute Gasteiger partial charge is 0.612 e. The van der Waals surface area contributed by atoms with Gasteiger partial charge in [0.25, 0.3) is 0 Å². The summed E-state index contributed by atoms with van der Waals surface area (Å²) in [5, 5.41) is 9.17. The summed E-state index contributed by atoms with van der Waals surface area (Å²) in [7, 11) is 0. The highest BCUT2D eigenvalue weighted by molar-refractivity contribution is 7.90. The van der Waals surface area contributed by atoms with Crippen LogP contribution in [0.5, 0.6) is 0 Å². The lowest BCUT2D eigenvalue weighted by Crippen LogP contribution is -2.46. The maximum atomic E-state index is 11.5. The molecule has 2 heterocycles. The summed E-state index contributed by atoms with van der Waals surface area (Å²) in [4.78, 5) is 20.7. The van der Waals surface area contributed by atoms with Crippen molar-refractivity contribution in [2.45, 2.75) is 49.2 Å². The zero-order valence-electron chi connectivity index (χ0n) is 16.7. The van der Waals surface area contributed by atoms with Gasteiger partial charge in [0.15, 0.2) is 4.90 Å². The minimum absolute atomic E-state index is 0.445. The van der Waals surface area contributed by atoms with Crippen molar-refractivity contribution < 1.29 is 14.5 Å². The van der Waals surface area contributed by atoms with E-state index in [0.717, 1.165) is 35.5 Å². The maximum Gasteiger partial charge on any atom is 0.407 e. The standard InChI is InChI=1S/C22H27N3O3S/c1-29(28)20-7-3-17(4-8-20)21-9-2-16(14-23-21)15-25(18-5-6-18)19-10-12-24(13-11-19)22(26)27/h2-4,7-9,14,18-19H,5-6,10-13,15H2,1H3,(H,26,27). The second kappa shape index (κ2) is 8.73. The van der Waals surface area contributed by atoms with Gasteiger partial charge >= 0.3 is 6.09 Å². The van der Waals surface area contributed by atoms with E-state index in [1.54, 1.807) is 6.26 Å². The van der Waals surface area contributed by atoms with Crippen molar-refractivity contribution >= 4 is 17.3 Å². The Balaban J connectivity index is 1.41. The van der Waals surface area contributed by atoms with Gasteiger partial charge in [0.1, 0.15) is 6.26 Å². The highest BCUT2D eigenvalue weighted by Crippen LogP contribution is 2.33. The van der Waals surface area contributed by atoms with Gasteiger partial charge in [-0.3, -0.25) is 9.88 Å². The Bertz CT molecular complexity index is 829. The minimum Gasteiger partial charge on any atom is -0.612 e. The van der Waals surface area contributed by atoms with Crippen molar-refractivity contribution in [2.24, 2.45) is 0 Å². The molecule has 0 spiro atoms. The average Bonchev–Trinajstić information content (AvgIpc) is 3.58. The molecule has 4 rings (SSSR count). The number of likely N-dealkylation sites (tertiary alicyclic amines) is 1. The van der Waals surface area contributed by atoms with Gasteiger partial charge < -0.3 is 14.6 Å². The lowest BCUT2D eigenvalue weighted by Gasteiger charge is -2.37. The number of nitrogens with zero attached hydrogens (tertiary/aromatic N) is 3. The van der Waals surface area contributed by atoms with Crippen LogP contribution in [0.15, 0.2) is 47.5 Å². The molecule has 1 atom stereocenters. The van der Waals surface area contributed by atoms with Gasteiger partial charge in [-0.25, -0.2) is 4.79 Å². The Morgan fingerprint density at radius 3 is 2.31 bits per heavy atom. The number of piperidine rings is 1. The van der Waals surface area contributed by atoms with Crippen molar-refractivity contribution in [3.05, 3.63) is 48.2 Å². The number of aromatic nitrogens is 1. The van der Waals surface area contributed by atoms with Gasteiger partial charge in [0, 0.05) is 43.5 Å². The monoisotopic (exact) mass is 413 g/mol. The maximum absolute atomic E-state index is 11.5. The molecule has 0 radical (unpaired) electrons. The van der Waals surface area contributed by atoms with Gasteiger partial charge in [-0.1, -0.05) is 6.07 Å². The molecule has 1 aliphatic carbocycles. The molecule has 1 amide bonds. The molecular weight excluding hydrogens is 386 g/mol. The number of carboxylic acid groups (broad SMARTS) is 1. The van der Waals surface area contributed by atoms with Crippen molar-refractivity contribution in [3.8, 4) is 11.3 Å². The molecule has 2 aliphatic rings. The summed E-state index contributed by atoms with van der Waals surface area (Å²) < 4.78 is 11.5. The zero-order chi connectivity index (χ0) is 20.4. The Hall–Kier alpha value is -2.09. The SMILES string of the molecule is C[S+]([O-])c1ccc(-c2ccc(CN(C3CC3)C3CCN(C(=O)O)CC3)cn2)cc1. The van der Waals surface area contributed by atoms with Crippen LogP contribution < -0.4 is 0 Å². The molecule has 6 nitrogen and oxygen atoms in total. The number of hydrogen-bond donors (Lipinski definition) is 1. The smallest absolute Gasteiger partial charge is 0.407 e. The number of pyridine rings is 1. The van der Waals surface area contributed by atoms with Crippen LogP contribution in [0.1, 0.15) is 31.2 Å². The first-order valence-electron chi connectivity index (χ1n) is 10.1. The topological polar surface area (TPSA) is 79.7 Å². The van der Waals surface area contributed by atoms with E-state index in [9.17, 15) is 14.5 Å². The highest BCUT2D eigenvalue weighted by Gasteiger charge is 2.36. The molecule has 7 heteroatoms. The molecule has 1 aromatic heterocycles. The molecule has 1 saturated carbocycles. The second-order valence-corrected chi connectivity index (χ2v) is 9.31. The molecule has 1 unspecified atom stereocenters. The highest BCUT2D eigenvalue weighted by atomic mass is 32.2. The molecule has 2 aromatic rings. The third-order valence-electron chi connectivity index (χ3n) is 5.89. The predicted molar refractivity (Wildman–Crippen MR) is 113 cm³/mol. The van der Waals surface area contributed by atoms with Gasteiger partial charge in [0.2, 0.25) is 0 Å². The quantitative estimate of drug-likeness (QED) is 0.732. The first kappa shape index (κ1) is 20.2. The van der Waals surface area contributed by atoms with Crippen molar-refractivity contribution in [2.75, 3.05) is 19.3 Å². The van der Waals surface area contributed by atoms with Gasteiger partial charge in [0.05, 0.1) is 5.69 Å². The van der Waals surface area contributed by atoms with Crippen LogP contribution >= 0.6 is 0 Å². The first-order chi connectivity index (χ1) is 14.0. The second-order valence-electron chi connectivity index (χ2n) is 7.93. The van der Waals surface area contributed by atoms with Crippen molar-refractivity contribution in [1.82, 2.24) is 14.8 Å². The van der Waals surface area contributed by atoms with Crippen LogP contribution in [0.3, 0.4) is 0 Å². The van der Waals surface area contributed by atoms with E-state index >= 15 is 0 Å². The fraction of sp³-hybridized carbons (Fsp3) is 0.455. The summed E-state index contributed by atoms with van der Waals surface area (Å²) in [6.07, 6.45) is 7.09. The van der Waals surface area contributed by atoms with Gasteiger partial charge in [-0.2, -0.15) is 0 Å². The Kier molecular flexibility index (Phi) is 6.08. The fourth-order valence-electron chi connectivity index (χ4n) is 4.07. The van der Waals surface area contributed by atoms with Gasteiger partial charge in [-0.05, 0) is 72.8 Å². The van der Waals surface area contributed by atoms with Crippen LogP contribution in [0.25, 0.3) is 11.3 Å². The number of hydrogen-bond acceptors (Lipinski definition) is 4. The molecule has 2 fully saturated rings. The van der Waals surface area contributed by atoms with E-state index in [2.05, 4.69) is 16.0 Å². The van der Waals surface area contributed by atoms with Crippen LogP contribution in [0.2, 0.25) is 0 Å². The minimum atomic E-state index is -0.972. The summed E-state index contributed by atoms with van der Waals surface area (Å²) >= 11 is -0.972. The molecule has 1 aliphatic heterocycles. The van der Waals surface area contributed by atoms with E-state index in [1.165, 1.54) is 23.3 Å². The summed E-state index contributed by atoms with van der Waals surface area (Å²) in [5.41, 5.74) is 3.12. The number of rotatable bonds is 6. The van der Waals surface area contributed by atoms with E-state index in [4.69, 9.17) is 0 Å². The van der Waals surface area contributed by atoms with E-state index in [0.29, 0.717) is 25.2 Å². The lowest BCUT2D eigenvalue weighted by atomic mass is 10.0. The lowest BCUT2D eigenvalue weighted by molar-refractivity contribution is 0.0870. The molecule has 29 heavy (non-hydrogen) atoms. The summed E-state index contributed by atoms with van der Waals surface area (Å²) in [5.74, 6) is 0. The Labute approximate surface area is 174 Å². The van der Waals surface area contributed by atoms with E-state index < -0.39 is 17.3 Å². The molecule has 1 saturated heterocycles. The normalized spacial score (nSPS) is 18.8. The van der Waals surface area contributed by atoms with Crippen LogP contribution in [0.4, 0.5) is 4.79 Å². The van der Waals surface area contributed by atoms with Crippen LogP contribution in [-0.2, 0) is 17.7 Å². The molecule has 1 N–H and O–H groups in total. The molecule has 0 bridgehead atoms. The van der Waals surface area contributed by atoms with Crippen LogP contribution in [-0.4, -0.2) is 62.0 Å². The Morgan fingerprint density at radius 1 is 1.14 bits per heavy atom. The summed E-state index contributed by atoms with van der Waals surface area (Å²) in [6.45, 7) is 2.11. The predicted octanol–water partition coefficient (Wildman–Crippen LogP) is 3.59. The zero-order valence-corrected chi connectivity index (χ0v) is 17.5. The van der Waals surface area contributed by atoms with Gasteiger partial charge in [-0.15, -0.1) is 0 Å². The Morgan fingerprint density at radius 2 is 1.79 bits per heavy atom. The average molecular weight is 414 g/mol. The third-order valence-corrected chi connectivity index (χ3v) is 6.83. The number of benzene rings is 1. The van der Waals surface area contributed by atoms with E-state index in [-0.39, 0.29) is 0 Å². The third kappa shape index (κ3) is 4.91. The van der Waals surface area contributed by atoms with Crippen LogP contribution in [0, 0.1) is 0 Å². The van der Waals surface area contributed by atoms with Crippen molar-refractivity contribution in [3.63, 3.8) is 0 Å². The molecule has 154 valence electrons.